The Bertz CT molecular complexity index is 1430. The van der Waals surface area contributed by atoms with Gasteiger partial charge in [-0.1, -0.05) is 94.5 Å². The molecule has 25 heavy (non-hydrogen) atoms. The van der Waals surface area contributed by atoms with Gasteiger partial charge in [-0.2, -0.15) is 0 Å². The number of fused-ring (bicyclic) bond motifs is 8. The summed E-state index contributed by atoms with van der Waals surface area (Å²) in [5, 5.41) is 0. The van der Waals surface area contributed by atoms with Gasteiger partial charge in [-0.05, 0) is 56.6 Å². The average molecular weight is 398 g/mol. The number of rotatable bonds is 0. The zero-order valence-electron chi connectivity index (χ0n) is 27.4. The maximum Gasteiger partial charge on any atom is 0.0641 e. The predicted octanol–water partition coefficient (Wildman–Crippen LogP) is 7.43. The summed E-state index contributed by atoms with van der Waals surface area (Å²) < 4.78 is 128. The molecule has 0 unspecified atom stereocenters. The molecule has 0 fully saturated rings. The molecule has 4 aromatic rings. The van der Waals surface area contributed by atoms with Gasteiger partial charge in [0, 0.05) is 4.47 Å². The van der Waals surface area contributed by atoms with Gasteiger partial charge < -0.3 is 0 Å². The van der Waals surface area contributed by atoms with Gasteiger partial charge in [-0.15, -0.1) is 0 Å². The molecule has 118 valence electrons. The monoisotopic (exact) mass is 397 g/mol. The lowest BCUT2D eigenvalue weighted by molar-refractivity contribution is 1.51. The smallest absolute Gasteiger partial charge is 0.0616 e. The molecule has 0 saturated carbocycles. The fourth-order valence-corrected chi connectivity index (χ4v) is 3.12. The molecule has 0 spiro atoms. The van der Waals surface area contributed by atoms with Crippen molar-refractivity contribution in [3.63, 3.8) is 0 Å². The molecular formula is C24H15Br. The minimum Gasteiger partial charge on any atom is -0.0616 e. The van der Waals surface area contributed by atoms with Gasteiger partial charge in [0.25, 0.3) is 0 Å². The van der Waals surface area contributed by atoms with Crippen molar-refractivity contribution < 1.29 is 20.6 Å². The third-order valence-electron chi connectivity index (χ3n) is 3.84. The first kappa shape index (κ1) is 5.96. The first-order chi connectivity index (χ1) is 18.6. The van der Waals surface area contributed by atoms with E-state index >= 15 is 0 Å². The zero-order chi connectivity index (χ0) is 29.9. The molecule has 0 radical (unpaired) electrons. The summed E-state index contributed by atoms with van der Waals surface area (Å²) in [4.78, 5) is 0. The molecule has 1 aliphatic carbocycles. The third-order valence-corrected chi connectivity index (χ3v) is 4.24. The van der Waals surface area contributed by atoms with Crippen molar-refractivity contribution in [1.82, 2.24) is 0 Å². The van der Waals surface area contributed by atoms with Gasteiger partial charge in [-0.3, -0.25) is 0 Å². The van der Waals surface area contributed by atoms with Crippen LogP contribution >= 0.6 is 15.9 Å². The van der Waals surface area contributed by atoms with E-state index in [1.54, 1.807) is 0 Å². The van der Waals surface area contributed by atoms with Crippen LogP contribution in [0.2, 0.25) is 0 Å². The van der Waals surface area contributed by atoms with Gasteiger partial charge in [0.2, 0.25) is 0 Å². The Labute approximate surface area is 177 Å². The third kappa shape index (κ3) is 2.27. The first-order valence-corrected chi connectivity index (χ1v) is 7.98. The molecule has 0 heterocycles. The van der Waals surface area contributed by atoms with Crippen molar-refractivity contribution in [2.45, 2.75) is 0 Å². The highest BCUT2D eigenvalue weighted by molar-refractivity contribution is 9.10. The molecular weight excluding hydrogens is 368 g/mol. The van der Waals surface area contributed by atoms with Crippen LogP contribution in [0.25, 0.3) is 44.5 Å². The summed E-state index contributed by atoms with van der Waals surface area (Å²) in [6, 6.07) is -10.4. The Morgan fingerprint density at radius 1 is 0.440 bits per heavy atom. The number of benzene rings is 4. The van der Waals surface area contributed by atoms with Crippen LogP contribution in [0, 0.1) is 0 Å². The van der Waals surface area contributed by atoms with Crippen LogP contribution in [0.3, 0.4) is 0 Å². The second kappa shape index (κ2) is 5.72. The van der Waals surface area contributed by atoms with Crippen LogP contribution in [-0.4, -0.2) is 0 Å². The summed E-state index contributed by atoms with van der Waals surface area (Å²) >= 11 is 3.10. The molecule has 5 rings (SSSR count). The van der Waals surface area contributed by atoms with Crippen LogP contribution < -0.4 is 0 Å². The molecule has 0 amide bonds. The Balaban J connectivity index is 2.32. The largest absolute Gasteiger partial charge is 0.0641 e. The lowest BCUT2D eigenvalue weighted by Gasteiger charge is -2.23. The van der Waals surface area contributed by atoms with Crippen molar-refractivity contribution in [1.29, 1.82) is 0 Å². The zero-order valence-corrected chi connectivity index (χ0v) is 14.0. The van der Waals surface area contributed by atoms with Crippen LogP contribution in [0.1, 0.15) is 20.6 Å². The lowest BCUT2D eigenvalue weighted by Crippen LogP contribution is -1.96. The predicted molar refractivity (Wildman–Crippen MR) is 109 cm³/mol. The molecule has 4 aromatic carbocycles. The topological polar surface area (TPSA) is 0 Å². The number of halogens is 1. The van der Waals surface area contributed by atoms with Crippen LogP contribution in [-0.2, 0) is 0 Å². The van der Waals surface area contributed by atoms with E-state index in [9.17, 15) is 0 Å². The summed E-state index contributed by atoms with van der Waals surface area (Å²) in [7, 11) is 0. The maximum atomic E-state index is 8.87. The molecule has 0 aromatic heterocycles. The molecule has 0 saturated heterocycles. The van der Waals surface area contributed by atoms with Crippen molar-refractivity contribution in [3.05, 3.63) is 95.1 Å². The van der Waals surface area contributed by atoms with Crippen molar-refractivity contribution in [2.24, 2.45) is 0 Å². The molecule has 0 aliphatic heterocycles. The lowest BCUT2D eigenvalue weighted by atomic mass is 9.81. The quantitative estimate of drug-likeness (QED) is 0.254. The van der Waals surface area contributed by atoms with E-state index < -0.39 is 130 Å². The Hall–Kier alpha value is -2.64. The van der Waals surface area contributed by atoms with Gasteiger partial charge in [-0.25, -0.2) is 0 Å². The Morgan fingerprint density at radius 2 is 0.760 bits per heavy atom. The summed E-state index contributed by atoms with van der Waals surface area (Å²) in [5.74, 6) is 0. The van der Waals surface area contributed by atoms with Crippen LogP contribution in [0.5, 0.6) is 0 Å². The highest BCUT2D eigenvalue weighted by Crippen LogP contribution is 2.47. The molecule has 0 atom stereocenters. The SMILES string of the molecule is [2H]c1c([2H])c([2H])c2c(c1[2H])-c1c([2H])c([2H])c([2H])c([2H])c1-c1c([2H])c([2H])c(Br)c([2H])c1-c1c([2H])c([2H])c([2H])c([2H])c1-2. The standard InChI is InChI=1S/C24H15Br/c25-16-13-14-23-21-11-4-3-9-19(21)17-7-1-2-8-18(17)20-10-5-6-12-22(20)24(23)15-16/h1-15H/i1D,2D,3D,4D,5D,6D,7D,8D,9D,10D,11D,12D,13D,14D,15D. The fraction of sp³-hybridized carbons (Fsp3) is 0. The first-order valence-electron chi connectivity index (χ1n) is 14.7. The summed E-state index contributed by atoms with van der Waals surface area (Å²) in [5.41, 5.74) is -3.34. The fourth-order valence-electron chi connectivity index (χ4n) is 2.82. The van der Waals surface area contributed by atoms with E-state index in [2.05, 4.69) is 15.9 Å². The summed E-state index contributed by atoms with van der Waals surface area (Å²) in [6.45, 7) is 0. The van der Waals surface area contributed by atoms with Gasteiger partial charge in [0.05, 0.1) is 20.6 Å². The van der Waals surface area contributed by atoms with E-state index in [-0.39, 0.29) is 10.0 Å². The highest BCUT2D eigenvalue weighted by Gasteiger charge is 2.21. The Kier molecular flexibility index (Phi) is 1.36. The van der Waals surface area contributed by atoms with Crippen LogP contribution in [0.4, 0.5) is 0 Å². The van der Waals surface area contributed by atoms with Crippen molar-refractivity contribution in [3.8, 4) is 44.5 Å². The highest BCUT2D eigenvalue weighted by atomic mass is 79.9. The molecule has 1 heteroatoms. The van der Waals surface area contributed by atoms with E-state index in [1.165, 1.54) is 0 Å². The maximum absolute atomic E-state index is 8.87. The number of hydrogen-bond donors (Lipinski definition) is 0. The molecule has 0 N–H and O–H groups in total. The van der Waals surface area contributed by atoms with E-state index in [1.807, 2.05) is 0 Å². The van der Waals surface area contributed by atoms with Crippen LogP contribution in [0.15, 0.2) is 95.1 Å². The second-order valence-electron chi connectivity index (χ2n) is 5.19. The van der Waals surface area contributed by atoms with Gasteiger partial charge >= 0.3 is 0 Å². The van der Waals surface area contributed by atoms with E-state index in [4.69, 9.17) is 20.6 Å². The Morgan fingerprint density at radius 3 is 1.16 bits per heavy atom. The van der Waals surface area contributed by atoms with Crippen molar-refractivity contribution in [2.75, 3.05) is 0 Å². The molecule has 0 bridgehead atoms. The van der Waals surface area contributed by atoms with Crippen molar-refractivity contribution >= 4 is 15.9 Å². The number of hydrogen-bond acceptors (Lipinski definition) is 0. The minimum absolute atomic E-state index is 0.215. The van der Waals surface area contributed by atoms with Gasteiger partial charge in [0.1, 0.15) is 0 Å². The average Bonchev–Trinajstić information content (AvgIpc) is 2.92. The minimum atomic E-state index is -0.755. The van der Waals surface area contributed by atoms with E-state index in [0.717, 1.165) is 0 Å². The molecule has 0 nitrogen and oxygen atoms in total. The van der Waals surface area contributed by atoms with Gasteiger partial charge in [0.15, 0.2) is 0 Å². The summed E-state index contributed by atoms with van der Waals surface area (Å²) in [6.07, 6.45) is 0. The second-order valence-corrected chi connectivity index (χ2v) is 5.98. The van der Waals surface area contributed by atoms with E-state index in [0.29, 0.717) is 0 Å². The molecule has 1 aliphatic rings. The normalized spacial score (nSPS) is 19.8.